The maximum absolute atomic E-state index is 11.8. The summed E-state index contributed by atoms with van der Waals surface area (Å²) in [5.74, 6) is -0.654. The zero-order chi connectivity index (χ0) is 15.3. The van der Waals surface area contributed by atoms with E-state index >= 15 is 0 Å². The maximum Gasteiger partial charge on any atom is 0.323 e. The van der Waals surface area contributed by atoms with E-state index in [1.807, 2.05) is 0 Å². The molecule has 0 heterocycles. The minimum Gasteiger partial charge on any atom is -0.480 e. The molecule has 2 rings (SSSR count). The van der Waals surface area contributed by atoms with Crippen molar-refractivity contribution >= 4 is 5.97 Å². The van der Waals surface area contributed by atoms with Gasteiger partial charge in [-0.25, -0.2) is 0 Å². The van der Waals surface area contributed by atoms with E-state index < -0.39 is 11.5 Å². The highest BCUT2D eigenvalue weighted by atomic mass is 16.4. The molecule has 2 aliphatic rings. The molecule has 0 bridgehead atoms. The Labute approximate surface area is 129 Å². The van der Waals surface area contributed by atoms with E-state index in [9.17, 15) is 9.90 Å². The molecular formula is C17H32N2O2. The number of carboxylic acid groups (broad SMARTS) is 1. The lowest BCUT2D eigenvalue weighted by molar-refractivity contribution is -0.144. The summed E-state index contributed by atoms with van der Waals surface area (Å²) in [7, 11) is 0. The lowest BCUT2D eigenvalue weighted by atomic mass is 9.92. The van der Waals surface area contributed by atoms with Crippen LogP contribution in [0.3, 0.4) is 0 Å². The fraction of sp³-hybridized carbons (Fsp3) is 0.941. The largest absolute Gasteiger partial charge is 0.480 e. The molecule has 2 aliphatic carbocycles. The Morgan fingerprint density at radius 3 is 2.48 bits per heavy atom. The fourth-order valence-corrected chi connectivity index (χ4v) is 4.32. The molecule has 0 amide bonds. The van der Waals surface area contributed by atoms with Gasteiger partial charge in [-0.1, -0.05) is 33.1 Å². The monoisotopic (exact) mass is 296 g/mol. The van der Waals surface area contributed by atoms with Crippen molar-refractivity contribution in [3.8, 4) is 0 Å². The van der Waals surface area contributed by atoms with Crippen LogP contribution < -0.4 is 5.32 Å². The quantitative estimate of drug-likeness (QED) is 0.758. The minimum atomic E-state index is -0.678. The van der Waals surface area contributed by atoms with Crippen molar-refractivity contribution in [2.75, 3.05) is 13.1 Å². The molecule has 4 nitrogen and oxygen atoms in total. The Bertz CT molecular complexity index is 342. The predicted molar refractivity (Wildman–Crippen MR) is 85.6 cm³/mol. The van der Waals surface area contributed by atoms with Gasteiger partial charge in [-0.15, -0.1) is 0 Å². The van der Waals surface area contributed by atoms with Gasteiger partial charge in [0.05, 0.1) is 0 Å². The summed E-state index contributed by atoms with van der Waals surface area (Å²) in [5, 5.41) is 13.0. The van der Waals surface area contributed by atoms with Gasteiger partial charge in [-0.3, -0.25) is 9.69 Å². The SMILES string of the molecule is CCCNC1(C(=O)O)CCC(N(CC)C2CCCCC2)C1. The van der Waals surface area contributed by atoms with Crippen LogP contribution in [0.2, 0.25) is 0 Å². The van der Waals surface area contributed by atoms with Crippen LogP contribution >= 0.6 is 0 Å². The third-order valence-electron chi connectivity index (χ3n) is 5.49. The van der Waals surface area contributed by atoms with Crippen LogP contribution in [-0.2, 0) is 4.79 Å². The van der Waals surface area contributed by atoms with Crippen LogP contribution in [0.25, 0.3) is 0 Å². The van der Waals surface area contributed by atoms with E-state index in [1.165, 1.54) is 32.1 Å². The van der Waals surface area contributed by atoms with Crippen LogP contribution in [0, 0.1) is 0 Å². The van der Waals surface area contributed by atoms with Crippen molar-refractivity contribution in [1.82, 2.24) is 10.2 Å². The molecule has 2 fully saturated rings. The normalized spacial score (nSPS) is 30.9. The average Bonchev–Trinajstić information content (AvgIpc) is 2.93. The van der Waals surface area contributed by atoms with Crippen molar-refractivity contribution in [2.45, 2.75) is 89.3 Å². The zero-order valence-electron chi connectivity index (χ0n) is 13.7. The summed E-state index contributed by atoms with van der Waals surface area (Å²) in [6.45, 7) is 6.18. The van der Waals surface area contributed by atoms with Crippen molar-refractivity contribution in [2.24, 2.45) is 0 Å². The lowest BCUT2D eigenvalue weighted by Crippen LogP contribution is -2.52. The van der Waals surface area contributed by atoms with Crippen molar-refractivity contribution in [3.05, 3.63) is 0 Å². The number of hydrogen-bond donors (Lipinski definition) is 2. The first-order chi connectivity index (χ1) is 10.1. The summed E-state index contributed by atoms with van der Waals surface area (Å²) in [6.07, 6.45) is 10.2. The molecule has 0 aromatic rings. The van der Waals surface area contributed by atoms with E-state index in [-0.39, 0.29) is 0 Å². The smallest absolute Gasteiger partial charge is 0.323 e. The molecule has 2 atom stereocenters. The van der Waals surface area contributed by atoms with Gasteiger partial charge in [0.1, 0.15) is 5.54 Å². The predicted octanol–water partition coefficient (Wildman–Crippen LogP) is 3.02. The number of nitrogens with one attached hydrogen (secondary N) is 1. The molecule has 122 valence electrons. The van der Waals surface area contributed by atoms with Crippen LogP contribution in [0.15, 0.2) is 0 Å². The highest BCUT2D eigenvalue weighted by molar-refractivity contribution is 5.79. The van der Waals surface area contributed by atoms with Gasteiger partial charge < -0.3 is 10.4 Å². The second-order valence-corrected chi connectivity index (χ2v) is 6.83. The van der Waals surface area contributed by atoms with Gasteiger partial charge in [0.2, 0.25) is 0 Å². The number of hydrogen-bond acceptors (Lipinski definition) is 3. The molecule has 2 saturated carbocycles. The number of carbonyl (C=O) groups is 1. The average molecular weight is 296 g/mol. The van der Waals surface area contributed by atoms with Gasteiger partial charge >= 0.3 is 5.97 Å². The third-order valence-corrected chi connectivity index (χ3v) is 5.49. The van der Waals surface area contributed by atoms with Gasteiger partial charge in [-0.2, -0.15) is 0 Å². The standard InChI is InChI=1S/C17H32N2O2/c1-3-12-18-17(16(20)21)11-10-15(13-17)19(4-2)14-8-6-5-7-9-14/h14-15,18H,3-13H2,1-2H3,(H,20,21). The Kier molecular flexibility index (Phi) is 6.06. The highest BCUT2D eigenvalue weighted by Gasteiger charge is 2.47. The van der Waals surface area contributed by atoms with Crippen LogP contribution in [0.1, 0.15) is 71.6 Å². The number of nitrogens with zero attached hydrogens (tertiary/aromatic N) is 1. The van der Waals surface area contributed by atoms with Gasteiger partial charge in [0, 0.05) is 12.1 Å². The highest BCUT2D eigenvalue weighted by Crippen LogP contribution is 2.36. The van der Waals surface area contributed by atoms with E-state index in [4.69, 9.17) is 0 Å². The summed E-state index contributed by atoms with van der Waals surface area (Å²) in [6, 6.07) is 1.13. The van der Waals surface area contributed by atoms with Crippen molar-refractivity contribution < 1.29 is 9.90 Å². The van der Waals surface area contributed by atoms with Gasteiger partial charge in [0.15, 0.2) is 0 Å². The molecule has 0 aromatic carbocycles. The summed E-state index contributed by atoms with van der Waals surface area (Å²) in [4.78, 5) is 14.4. The number of rotatable bonds is 7. The van der Waals surface area contributed by atoms with Gasteiger partial charge in [-0.05, 0) is 51.6 Å². The topological polar surface area (TPSA) is 52.6 Å². The molecule has 0 saturated heterocycles. The van der Waals surface area contributed by atoms with E-state index in [2.05, 4.69) is 24.1 Å². The molecule has 0 aromatic heterocycles. The summed E-state index contributed by atoms with van der Waals surface area (Å²) in [5.41, 5.74) is -0.678. The third kappa shape index (κ3) is 3.78. The van der Waals surface area contributed by atoms with E-state index in [1.54, 1.807) is 0 Å². The summed E-state index contributed by atoms with van der Waals surface area (Å²) < 4.78 is 0. The zero-order valence-corrected chi connectivity index (χ0v) is 13.7. The Morgan fingerprint density at radius 2 is 1.90 bits per heavy atom. The number of carboxylic acids is 1. The number of aliphatic carboxylic acids is 1. The first-order valence-electron chi connectivity index (χ1n) is 8.87. The molecule has 21 heavy (non-hydrogen) atoms. The van der Waals surface area contributed by atoms with Crippen LogP contribution in [0.5, 0.6) is 0 Å². The lowest BCUT2D eigenvalue weighted by Gasteiger charge is -2.38. The molecule has 2 N–H and O–H groups in total. The van der Waals surface area contributed by atoms with Crippen molar-refractivity contribution in [1.29, 1.82) is 0 Å². The minimum absolute atomic E-state index is 0.443. The molecule has 0 radical (unpaired) electrons. The molecule has 2 unspecified atom stereocenters. The van der Waals surface area contributed by atoms with Crippen LogP contribution in [-0.4, -0.2) is 46.7 Å². The summed E-state index contributed by atoms with van der Waals surface area (Å²) >= 11 is 0. The molecule has 0 spiro atoms. The fourth-order valence-electron chi connectivity index (χ4n) is 4.32. The first kappa shape index (κ1) is 16.8. The molecule has 4 heteroatoms. The van der Waals surface area contributed by atoms with Gasteiger partial charge in [0.25, 0.3) is 0 Å². The Hall–Kier alpha value is -0.610. The second-order valence-electron chi connectivity index (χ2n) is 6.83. The van der Waals surface area contributed by atoms with E-state index in [0.717, 1.165) is 38.8 Å². The van der Waals surface area contributed by atoms with Crippen molar-refractivity contribution in [3.63, 3.8) is 0 Å². The first-order valence-corrected chi connectivity index (χ1v) is 8.87. The molecule has 0 aliphatic heterocycles. The maximum atomic E-state index is 11.8. The van der Waals surface area contributed by atoms with E-state index in [0.29, 0.717) is 12.1 Å². The Balaban J connectivity index is 2.01. The van der Waals surface area contributed by atoms with Crippen LogP contribution in [0.4, 0.5) is 0 Å². The molecular weight excluding hydrogens is 264 g/mol. The Morgan fingerprint density at radius 1 is 1.19 bits per heavy atom. The second kappa shape index (κ2) is 7.59.